The van der Waals surface area contributed by atoms with Gasteiger partial charge in [-0.05, 0) is 35.4 Å². The molecule has 0 aliphatic rings. The highest BCUT2D eigenvalue weighted by Gasteiger charge is 1.96. The first kappa shape index (κ1) is 14.6. The summed E-state index contributed by atoms with van der Waals surface area (Å²) in [5, 5.41) is 0. The molecule has 0 saturated heterocycles. The normalized spacial score (nSPS) is 9.89. The van der Waals surface area contributed by atoms with Crippen LogP contribution in [-0.4, -0.2) is 0 Å². The van der Waals surface area contributed by atoms with Crippen LogP contribution in [0.15, 0.2) is 48.5 Å². The van der Waals surface area contributed by atoms with Gasteiger partial charge in [-0.1, -0.05) is 24.3 Å². The average Bonchev–Trinajstić information content (AvgIpc) is 2.34. The van der Waals surface area contributed by atoms with Crippen LogP contribution >= 0.6 is 12.4 Å². The van der Waals surface area contributed by atoms with Crippen molar-refractivity contribution < 1.29 is 13.5 Å². The number of halogens is 3. The molecule has 0 aliphatic carbocycles. The van der Waals surface area contributed by atoms with Crippen LogP contribution in [0.25, 0.3) is 0 Å². The lowest BCUT2D eigenvalue weighted by Crippen LogP contribution is -1.94. The van der Waals surface area contributed by atoms with Crippen molar-refractivity contribution in [1.29, 1.82) is 0 Å². The largest absolute Gasteiger partial charge is 0.372 e. The molecule has 0 unspecified atom stereocenters. The van der Waals surface area contributed by atoms with E-state index in [4.69, 9.17) is 4.74 Å². The third kappa shape index (κ3) is 4.43. The Morgan fingerprint density at radius 2 is 1.00 bits per heavy atom. The van der Waals surface area contributed by atoms with Gasteiger partial charge in [0, 0.05) is 0 Å². The quantitative estimate of drug-likeness (QED) is 0.813. The van der Waals surface area contributed by atoms with Crippen LogP contribution in [-0.2, 0) is 18.0 Å². The number of hydrogen-bond donors (Lipinski definition) is 0. The molecule has 0 N–H and O–H groups in total. The molecule has 1 nitrogen and oxygen atoms in total. The number of hydrogen-bond acceptors (Lipinski definition) is 1. The summed E-state index contributed by atoms with van der Waals surface area (Å²) in [6.07, 6.45) is 0. The lowest BCUT2D eigenvalue weighted by Gasteiger charge is -2.04. The predicted octanol–water partition coefficient (Wildman–Crippen LogP) is 4.10. The van der Waals surface area contributed by atoms with E-state index in [2.05, 4.69) is 0 Å². The standard InChI is InChI=1S/C14H12F2O.ClH/c15-13-5-1-11(2-6-13)9-17-10-12-3-7-14(16)8-4-12;/h1-8H,9-10H2;1H. The van der Waals surface area contributed by atoms with Crippen molar-refractivity contribution in [2.45, 2.75) is 13.2 Å². The van der Waals surface area contributed by atoms with E-state index in [1.54, 1.807) is 24.3 Å². The van der Waals surface area contributed by atoms with Gasteiger partial charge in [0.1, 0.15) is 11.6 Å². The third-order valence-corrected chi connectivity index (χ3v) is 2.36. The van der Waals surface area contributed by atoms with Gasteiger partial charge in [0.25, 0.3) is 0 Å². The number of benzene rings is 2. The zero-order valence-electron chi connectivity index (χ0n) is 9.61. The van der Waals surface area contributed by atoms with Crippen LogP contribution in [0.3, 0.4) is 0 Å². The van der Waals surface area contributed by atoms with Gasteiger partial charge in [-0.3, -0.25) is 0 Å². The molecule has 0 atom stereocenters. The highest BCUT2D eigenvalue weighted by Crippen LogP contribution is 2.08. The average molecular weight is 271 g/mol. The zero-order valence-corrected chi connectivity index (χ0v) is 10.4. The smallest absolute Gasteiger partial charge is 0.123 e. The van der Waals surface area contributed by atoms with Gasteiger partial charge < -0.3 is 4.74 Å². The van der Waals surface area contributed by atoms with E-state index >= 15 is 0 Å². The second-order valence-electron chi connectivity index (χ2n) is 3.75. The summed E-state index contributed by atoms with van der Waals surface area (Å²) >= 11 is 0. The minimum absolute atomic E-state index is 0. The van der Waals surface area contributed by atoms with Gasteiger partial charge in [0.2, 0.25) is 0 Å². The van der Waals surface area contributed by atoms with Gasteiger partial charge in [-0.25, -0.2) is 8.78 Å². The molecule has 0 aliphatic heterocycles. The van der Waals surface area contributed by atoms with E-state index in [0.29, 0.717) is 13.2 Å². The summed E-state index contributed by atoms with van der Waals surface area (Å²) in [5.41, 5.74) is 1.82. The first-order valence-electron chi connectivity index (χ1n) is 5.31. The van der Waals surface area contributed by atoms with Crippen molar-refractivity contribution in [1.82, 2.24) is 0 Å². The maximum Gasteiger partial charge on any atom is 0.123 e. The molecule has 0 radical (unpaired) electrons. The Labute approximate surface area is 111 Å². The third-order valence-electron chi connectivity index (χ3n) is 2.36. The lowest BCUT2D eigenvalue weighted by molar-refractivity contribution is 0.107. The van der Waals surface area contributed by atoms with Gasteiger partial charge in [0.05, 0.1) is 13.2 Å². The Hall–Kier alpha value is -1.45. The van der Waals surface area contributed by atoms with Crippen LogP contribution < -0.4 is 0 Å². The summed E-state index contributed by atoms with van der Waals surface area (Å²) < 4.78 is 30.7. The lowest BCUT2D eigenvalue weighted by atomic mass is 10.2. The van der Waals surface area contributed by atoms with Crippen molar-refractivity contribution in [2.24, 2.45) is 0 Å². The maximum atomic E-state index is 12.6. The summed E-state index contributed by atoms with van der Waals surface area (Å²) in [6, 6.07) is 12.3. The highest BCUT2D eigenvalue weighted by atomic mass is 35.5. The summed E-state index contributed by atoms with van der Waals surface area (Å²) in [4.78, 5) is 0. The van der Waals surface area contributed by atoms with E-state index in [-0.39, 0.29) is 24.0 Å². The Balaban J connectivity index is 0.00000162. The Morgan fingerprint density at radius 3 is 1.33 bits per heavy atom. The fourth-order valence-corrected chi connectivity index (χ4v) is 1.45. The van der Waals surface area contributed by atoms with Crippen LogP contribution in [0.5, 0.6) is 0 Å². The molecular formula is C14H13ClF2O. The summed E-state index contributed by atoms with van der Waals surface area (Å²) in [7, 11) is 0. The summed E-state index contributed by atoms with van der Waals surface area (Å²) in [5.74, 6) is -0.514. The van der Waals surface area contributed by atoms with Crippen molar-refractivity contribution in [3.05, 3.63) is 71.3 Å². The molecule has 0 spiro atoms. The van der Waals surface area contributed by atoms with Gasteiger partial charge in [-0.15, -0.1) is 12.4 Å². The minimum Gasteiger partial charge on any atom is -0.372 e. The SMILES string of the molecule is Cl.Fc1ccc(COCc2ccc(F)cc2)cc1. The Bertz CT molecular complexity index is 423. The monoisotopic (exact) mass is 270 g/mol. The van der Waals surface area contributed by atoms with Crippen LogP contribution in [0.1, 0.15) is 11.1 Å². The van der Waals surface area contributed by atoms with Crippen molar-refractivity contribution in [3.8, 4) is 0 Å². The molecule has 96 valence electrons. The molecule has 4 heteroatoms. The maximum absolute atomic E-state index is 12.6. The molecular weight excluding hydrogens is 258 g/mol. The molecule has 0 bridgehead atoms. The van der Waals surface area contributed by atoms with E-state index in [1.807, 2.05) is 0 Å². The van der Waals surface area contributed by atoms with Crippen LogP contribution in [0, 0.1) is 11.6 Å². The molecule has 0 amide bonds. The Kier molecular flexibility index (Phi) is 5.75. The van der Waals surface area contributed by atoms with Crippen LogP contribution in [0.4, 0.5) is 8.78 Å². The topological polar surface area (TPSA) is 9.23 Å². The second-order valence-corrected chi connectivity index (χ2v) is 3.75. The molecule has 18 heavy (non-hydrogen) atoms. The molecule has 2 aromatic rings. The fraction of sp³-hybridized carbons (Fsp3) is 0.143. The van der Waals surface area contributed by atoms with Gasteiger partial charge in [-0.2, -0.15) is 0 Å². The fourth-order valence-electron chi connectivity index (χ4n) is 1.45. The van der Waals surface area contributed by atoms with Crippen molar-refractivity contribution in [2.75, 3.05) is 0 Å². The first-order valence-corrected chi connectivity index (χ1v) is 5.31. The zero-order chi connectivity index (χ0) is 12.1. The van der Waals surface area contributed by atoms with Gasteiger partial charge in [0.15, 0.2) is 0 Å². The van der Waals surface area contributed by atoms with E-state index in [0.717, 1.165) is 11.1 Å². The Morgan fingerprint density at radius 1 is 0.667 bits per heavy atom. The first-order chi connectivity index (χ1) is 8.24. The highest BCUT2D eigenvalue weighted by molar-refractivity contribution is 5.85. The van der Waals surface area contributed by atoms with E-state index in [1.165, 1.54) is 24.3 Å². The van der Waals surface area contributed by atoms with E-state index in [9.17, 15) is 8.78 Å². The van der Waals surface area contributed by atoms with Crippen LogP contribution in [0.2, 0.25) is 0 Å². The molecule has 0 aromatic heterocycles. The molecule has 0 saturated carbocycles. The summed E-state index contributed by atoms with van der Waals surface area (Å²) in [6.45, 7) is 0.829. The molecule has 0 fully saturated rings. The minimum atomic E-state index is -0.257. The molecule has 2 rings (SSSR count). The predicted molar refractivity (Wildman–Crippen MR) is 68.5 cm³/mol. The van der Waals surface area contributed by atoms with E-state index < -0.39 is 0 Å². The number of ether oxygens (including phenoxy) is 1. The molecule has 0 heterocycles. The van der Waals surface area contributed by atoms with Gasteiger partial charge >= 0.3 is 0 Å². The van der Waals surface area contributed by atoms with Crippen molar-refractivity contribution >= 4 is 12.4 Å². The molecule has 2 aromatic carbocycles. The second kappa shape index (κ2) is 7.09. The number of rotatable bonds is 4. The van der Waals surface area contributed by atoms with Crippen molar-refractivity contribution in [3.63, 3.8) is 0 Å².